The molecule has 0 fully saturated rings. The number of aryl methyl sites for hydroxylation is 1. The molecule has 0 saturated heterocycles. The molecule has 0 aliphatic heterocycles. The van der Waals surface area contributed by atoms with Crippen molar-refractivity contribution in [3.05, 3.63) is 41.2 Å². The summed E-state index contributed by atoms with van der Waals surface area (Å²) in [6, 6.07) is 7.50. The van der Waals surface area contributed by atoms with E-state index in [1.807, 2.05) is 38.1 Å². The fraction of sp³-hybridized carbons (Fsp3) is 0.412. The van der Waals surface area contributed by atoms with Crippen molar-refractivity contribution in [3.63, 3.8) is 0 Å². The van der Waals surface area contributed by atoms with Gasteiger partial charge in [-0.1, -0.05) is 26.7 Å². The monoisotopic (exact) mass is 302 g/mol. The molecule has 0 amide bonds. The third-order valence-corrected chi connectivity index (χ3v) is 3.56. The topological polar surface area (TPSA) is 64.4 Å². The van der Waals surface area contributed by atoms with E-state index in [4.69, 9.17) is 4.74 Å². The van der Waals surface area contributed by atoms with Crippen LogP contribution in [0.25, 0.3) is 5.69 Å². The molecule has 0 atom stereocenters. The lowest BCUT2D eigenvalue weighted by Gasteiger charge is -2.08. The Morgan fingerprint density at radius 1 is 1.18 bits per heavy atom. The van der Waals surface area contributed by atoms with Crippen molar-refractivity contribution < 1.29 is 14.6 Å². The Labute approximate surface area is 130 Å². The van der Waals surface area contributed by atoms with E-state index in [1.54, 1.807) is 11.8 Å². The zero-order valence-corrected chi connectivity index (χ0v) is 13.3. The number of hydrogen-bond acceptors (Lipinski definition) is 3. The summed E-state index contributed by atoms with van der Waals surface area (Å²) < 4.78 is 6.93. The second-order valence-corrected chi connectivity index (χ2v) is 5.18. The van der Waals surface area contributed by atoms with E-state index in [-0.39, 0.29) is 0 Å². The highest BCUT2D eigenvalue weighted by molar-refractivity contribution is 5.90. The van der Waals surface area contributed by atoms with E-state index in [9.17, 15) is 9.90 Å². The van der Waals surface area contributed by atoms with Crippen molar-refractivity contribution in [2.45, 2.75) is 39.5 Å². The lowest BCUT2D eigenvalue weighted by atomic mass is 10.1. The van der Waals surface area contributed by atoms with Crippen molar-refractivity contribution >= 4 is 5.97 Å². The summed E-state index contributed by atoms with van der Waals surface area (Å²) in [6.45, 7) is 4.06. The molecule has 1 aromatic heterocycles. The maximum absolute atomic E-state index is 11.7. The first kappa shape index (κ1) is 16.1. The average Bonchev–Trinajstić information content (AvgIpc) is 2.87. The highest BCUT2D eigenvalue weighted by atomic mass is 16.5. The van der Waals surface area contributed by atoms with Gasteiger partial charge in [0.2, 0.25) is 0 Å². The SMILES string of the molecule is CCCc1nn(-c2ccc(OC)cc2)c(CCC)c1C(=O)O. The van der Waals surface area contributed by atoms with E-state index in [0.717, 1.165) is 30.0 Å². The molecule has 22 heavy (non-hydrogen) atoms. The Kier molecular flexibility index (Phi) is 5.20. The van der Waals surface area contributed by atoms with Gasteiger partial charge in [-0.15, -0.1) is 0 Å². The molecule has 0 unspecified atom stereocenters. The minimum atomic E-state index is -0.897. The normalized spacial score (nSPS) is 10.7. The van der Waals surface area contributed by atoms with Crippen molar-refractivity contribution in [1.29, 1.82) is 0 Å². The minimum absolute atomic E-state index is 0.361. The molecular weight excluding hydrogens is 280 g/mol. The van der Waals surface area contributed by atoms with E-state index in [2.05, 4.69) is 5.10 Å². The lowest BCUT2D eigenvalue weighted by molar-refractivity contribution is 0.0694. The summed E-state index contributed by atoms with van der Waals surface area (Å²) in [4.78, 5) is 11.7. The van der Waals surface area contributed by atoms with Gasteiger partial charge in [-0.25, -0.2) is 9.48 Å². The van der Waals surface area contributed by atoms with Crippen LogP contribution in [-0.2, 0) is 12.8 Å². The summed E-state index contributed by atoms with van der Waals surface area (Å²) in [5, 5.41) is 14.1. The molecule has 1 N–H and O–H groups in total. The number of carboxylic acids is 1. The molecule has 1 heterocycles. The molecule has 0 aliphatic carbocycles. The molecule has 0 radical (unpaired) electrons. The second kappa shape index (κ2) is 7.11. The van der Waals surface area contributed by atoms with Gasteiger partial charge in [-0.3, -0.25) is 0 Å². The van der Waals surface area contributed by atoms with Crippen LogP contribution in [0.2, 0.25) is 0 Å². The Bertz CT molecular complexity index is 645. The number of carboxylic acid groups (broad SMARTS) is 1. The number of rotatable bonds is 7. The fourth-order valence-electron chi connectivity index (χ4n) is 2.57. The Morgan fingerprint density at radius 3 is 2.32 bits per heavy atom. The first-order valence-corrected chi connectivity index (χ1v) is 7.60. The van der Waals surface area contributed by atoms with E-state index in [0.29, 0.717) is 24.1 Å². The summed E-state index contributed by atoms with van der Waals surface area (Å²) in [5.74, 6) is -0.133. The number of benzene rings is 1. The molecule has 5 heteroatoms. The summed E-state index contributed by atoms with van der Waals surface area (Å²) in [6.07, 6.45) is 3.09. The third-order valence-electron chi connectivity index (χ3n) is 3.56. The van der Waals surface area contributed by atoms with E-state index in [1.165, 1.54) is 0 Å². The number of aromatic carboxylic acids is 1. The van der Waals surface area contributed by atoms with Crippen LogP contribution in [0.15, 0.2) is 24.3 Å². The highest BCUT2D eigenvalue weighted by Gasteiger charge is 2.22. The standard InChI is InChI=1S/C17H22N2O3/c1-4-6-14-16(17(20)21)15(7-5-2)19(18-14)12-8-10-13(22-3)11-9-12/h8-11H,4-7H2,1-3H3,(H,20,21). The van der Waals surface area contributed by atoms with Crippen molar-refractivity contribution in [1.82, 2.24) is 9.78 Å². The molecule has 2 rings (SSSR count). The van der Waals surface area contributed by atoms with Crippen LogP contribution in [-0.4, -0.2) is 28.0 Å². The van der Waals surface area contributed by atoms with Crippen molar-refractivity contribution in [2.75, 3.05) is 7.11 Å². The van der Waals surface area contributed by atoms with Gasteiger partial charge in [0.15, 0.2) is 0 Å². The number of ether oxygens (including phenoxy) is 1. The maximum Gasteiger partial charge on any atom is 0.339 e. The number of nitrogens with zero attached hydrogens (tertiary/aromatic N) is 2. The highest BCUT2D eigenvalue weighted by Crippen LogP contribution is 2.23. The van der Waals surface area contributed by atoms with Crippen LogP contribution in [0.5, 0.6) is 5.75 Å². The zero-order chi connectivity index (χ0) is 16.1. The molecule has 0 saturated carbocycles. The van der Waals surface area contributed by atoms with Gasteiger partial charge >= 0.3 is 5.97 Å². The average molecular weight is 302 g/mol. The molecule has 0 aliphatic rings. The third kappa shape index (κ3) is 3.13. The van der Waals surface area contributed by atoms with Gasteiger partial charge < -0.3 is 9.84 Å². The van der Waals surface area contributed by atoms with Gasteiger partial charge in [0.05, 0.1) is 24.2 Å². The van der Waals surface area contributed by atoms with Gasteiger partial charge in [-0.2, -0.15) is 5.10 Å². The number of hydrogen-bond donors (Lipinski definition) is 1. The number of carbonyl (C=O) groups is 1. The minimum Gasteiger partial charge on any atom is -0.497 e. The summed E-state index contributed by atoms with van der Waals surface area (Å²) >= 11 is 0. The molecule has 0 spiro atoms. The maximum atomic E-state index is 11.7. The fourth-order valence-corrected chi connectivity index (χ4v) is 2.57. The van der Waals surface area contributed by atoms with Gasteiger partial charge in [0.25, 0.3) is 0 Å². The Morgan fingerprint density at radius 2 is 1.82 bits per heavy atom. The molecule has 5 nitrogen and oxygen atoms in total. The number of aromatic nitrogens is 2. The summed E-state index contributed by atoms with van der Waals surface area (Å²) in [7, 11) is 1.62. The summed E-state index contributed by atoms with van der Waals surface area (Å²) in [5.41, 5.74) is 2.64. The first-order valence-electron chi connectivity index (χ1n) is 7.60. The van der Waals surface area contributed by atoms with Gasteiger partial charge in [0.1, 0.15) is 11.3 Å². The van der Waals surface area contributed by atoms with Crippen LogP contribution in [0.4, 0.5) is 0 Å². The largest absolute Gasteiger partial charge is 0.497 e. The lowest BCUT2D eigenvalue weighted by Crippen LogP contribution is -2.07. The van der Waals surface area contributed by atoms with Gasteiger partial charge in [0, 0.05) is 0 Å². The van der Waals surface area contributed by atoms with Crippen molar-refractivity contribution in [2.24, 2.45) is 0 Å². The predicted octanol–water partition coefficient (Wildman–Crippen LogP) is 3.48. The Hall–Kier alpha value is -2.30. The first-order chi connectivity index (χ1) is 10.6. The number of methoxy groups -OCH3 is 1. The molecule has 118 valence electrons. The molecule has 0 bridgehead atoms. The van der Waals surface area contributed by atoms with Crippen LogP contribution in [0, 0.1) is 0 Å². The van der Waals surface area contributed by atoms with E-state index < -0.39 is 5.97 Å². The van der Waals surface area contributed by atoms with Crippen LogP contribution in [0.3, 0.4) is 0 Å². The Balaban J connectivity index is 2.57. The molecule has 2 aromatic rings. The second-order valence-electron chi connectivity index (χ2n) is 5.18. The van der Waals surface area contributed by atoms with Crippen LogP contribution < -0.4 is 4.74 Å². The zero-order valence-electron chi connectivity index (χ0n) is 13.3. The van der Waals surface area contributed by atoms with Gasteiger partial charge in [-0.05, 0) is 37.1 Å². The molecular formula is C17H22N2O3. The van der Waals surface area contributed by atoms with Crippen LogP contribution in [0.1, 0.15) is 48.4 Å². The predicted molar refractivity (Wildman–Crippen MR) is 85.1 cm³/mol. The molecule has 1 aromatic carbocycles. The smallest absolute Gasteiger partial charge is 0.339 e. The van der Waals surface area contributed by atoms with Crippen LogP contribution >= 0.6 is 0 Å². The van der Waals surface area contributed by atoms with E-state index >= 15 is 0 Å². The van der Waals surface area contributed by atoms with Crippen molar-refractivity contribution in [3.8, 4) is 11.4 Å². The quantitative estimate of drug-likeness (QED) is 0.850.